The second-order valence-electron chi connectivity index (χ2n) is 10.2. The minimum atomic E-state index is 1.22. The molecular formula is C33H48. The zero-order valence-electron chi connectivity index (χ0n) is 21.4. The van der Waals surface area contributed by atoms with Crippen molar-refractivity contribution in [1.82, 2.24) is 0 Å². The molecule has 0 aromatic heterocycles. The van der Waals surface area contributed by atoms with Crippen molar-refractivity contribution < 1.29 is 0 Å². The Kier molecular flexibility index (Phi) is 12.4. The first kappa shape index (κ1) is 25.8. The Labute approximate surface area is 204 Å². The van der Waals surface area contributed by atoms with Gasteiger partial charge in [0.15, 0.2) is 0 Å². The number of benzene rings is 3. The Bertz CT molecular complexity index is 906. The van der Waals surface area contributed by atoms with Crippen molar-refractivity contribution in [3.05, 3.63) is 60.2 Å². The fourth-order valence-electron chi connectivity index (χ4n) is 5.36. The first-order valence-corrected chi connectivity index (χ1v) is 14.3. The molecule has 0 N–H and O–H groups in total. The topological polar surface area (TPSA) is 0 Å². The molecule has 0 bridgehead atoms. The van der Waals surface area contributed by atoms with Crippen molar-refractivity contribution in [2.75, 3.05) is 0 Å². The van der Waals surface area contributed by atoms with E-state index in [9.17, 15) is 0 Å². The number of hydrogen-bond donors (Lipinski definition) is 0. The molecule has 0 heterocycles. The SMILES string of the molecule is CCCCCCCCCCCCCCCCCCCc1cccc2c1ccc1ccccc12. The molecule has 0 aliphatic heterocycles. The van der Waals surface area contributed by atoms with Crippen molar-refractivity contribution in [2.45, 2.75) is 122 Å². The minimum Gasteiger partial charge on any atom is -0.0654 e. The number of rotatable bonds is 18. The third-order valence-corrected chi connectivity index (χ3v) is 7.43. The van der Waals surface area contributed by atoms with Crippen molar-refractivity contribution in [2.24, 2.45) is 0 Å². The third kappa shape index (κ3) is 9.15. The van der Waals surface area contributed by atoms with Gasteiger partial charge in [-0.25, -0.2) is 0 Å². The summed E-state index contributed by atoms with van der Waals surface area (Å²) in [5, 5.41) is 5.60. The second-order valence-corrected chi connectivity index (χ2v) is 10.2. The molecule has 0 aliphatic rings. The molecule has 0 aliphatic carbocycles. The van der Waals surface area contributed by atoms with E-state index in [4.69, 9.17) is 0 Å². The predicted octanol–water partition coefficient (Wildman–Crippen LogP) is 11.2. The lowest BCUT2D eigenvalue weighted by molar-refractivity contribution is 0.527. The molecule has 0 heteroatoms. The average Bonchev–Trinajstić information content (AvgIpc) is 2.86. The highest BCUT2D eigenvalue weighted by Crippen LogP contribution is 2.28. The molecule has 0 saturated carbocycles. The van der Waals surface area contributed by atoms with Crippen molar-refractivity contribution >= 4 is 21.5 Å². The number of fused-ring (bicyclic) bond motifs is 3. The zero-order chi connectivity index (χ0) is 23.0. The van der Waals surface area contributed by atoms with Gasteiger partial charge in [0.2, 0.25) is 0 Å². The van der Waals surface area contributed by atoms with Crippen LogP contribution in [0.2, 0.25) is 0 Å². The molecule has 0 amide bonds. The summed E-state index contributed by atoms with van der Waals surface area (Å²) in [6.07, 6.45) is 25.6. The molecule has 3 rings (SSSR count). The molecular weight excluding hydrogens is 396 g/mol. The van der Waals surface area contributed by atoms with Crippen LogP contribution in [0.25, 0.3) is 21.5 Å². The molecule has 0 spiro atoms. The van der Waals surface area contributed by atoms with Crippen LogP contribution in [0.5, 0.6) is 0 Å². The third-order valence-electron chi connectivity index (χ3n) is 7.43. The van der Waals surface area contributed by atoms with Crippen molar-refractivity contribution in [3.8, 4) is 0 Å². The summed E-state index contributed by atoms with van der Waals surface area (Å²) in [5.41, 5.74) is 1.53. The van der Waals surface area contributed by atoms with Gasteiger partial charge in [-0.2, -0.15) is 0 Å². The summed E-state index contributed by atoms with van der Waals surface area (Å²) < 4.78 is 0. The van der Waals surface area contributed by atoms with Crippen LogP contribution < -0.4 is 0 Å². The van der Waals surface area contributed by atoms with Crippen LogP contribution in [0.4, 0.5) is 0 Å². The van der Waals surface area contributed by atoms with Crippen LogP contribution in [0.3, 0.4) is 0 Å². The fraction of sp³-hybridized carbons (Fsp3) is 0.576. The minimum absolute atomic E-state index is 1.22. The van der Waals surface area contributed by atoms with Crippen LogP contribution in [-0.4, -0.2) is 0 Å². The monoisotopic (exact) mass is 444 g/mol. The second kappa shape index (κ2) is 15.9. The van der Waals surface area contributed by atoms with Gasteiger partial charge in [0, 0.05) is 0 Å². The Morgan fingerprint density at radius 2 is 0.909 bits per heavy atom. The van der Waals surface area contributed by atoms with E-state index in [0.29, 0.717) is 0 Å². The molecule has 0 saturated heterocycles. The van der Waals surface area contributed by atoms with Gasteiger partial charge in [-0.05, 0) is 39.9 Å². The highest BCUT2D eigenvalue weighted by atomic mass is 14.1. The fourth-order valence-corrected chi connectivity index (χ4v) is 5.36. The largest absolute Gasteiger partial charge is 0.0654 e. The van der Waals surface area contributed by atoms with E-state index in [-0.39, 0.29) is 0 Å². The van der Waals surface area contributed by atoms with E-state index >= 15 is 0 Å². The molecule has 180 valence electrons. The van der Waals surface area contributed by atoms with E-state index in [2.05, 4.69) is 61.5 Å². The zero-order valence-corrected chi connectivity index (χ0v) is 21.4. The highest BCUT2D eigenvalue weighted by molar-refractivity contribution is 6.08. The molecule has 0 atom stereocenters. The summed E-state index contributed by atoms with van der Waals surface area (Å²) in [7, 11) is 0. The molecule has 0 fully saturated rings. The van der Waals surface area contributed by atoms with Crippen LogP contribution in [0, 0.1) is 0 Å². The number of aryl methyl sites for hydroxylation is 1. The van der Waals surface area contributed by atoms with Crippen LogP contribution in [0.15, 0.2) is 54.6 Å². The van der Waals surface area contributed by atoms with Gasteiger partial charge in [0.05, 0.1) is 0 Å². The van der Waals surface area contributed by atoms with Crippen LogP contribution >= 0.6 is 0 Å². The molecule has 3 aromatic carbocycles. The Hall–Kier alpha value is -1.82. The van der Waals surface area contributed by atoms with E-state index in [1.165, 1.54) is 143 Å². The maximum atomic E-state index is 2.34. The Morgan fingerprint density at radius 1 is 0.394 bits per heavy atom. The maximum absolute atomic E-state index is 2.34. The van der Waals surface area contributed by atoms with Gasteiger partial charge in [0.1, 0.15) is 0 Å². The summed E-state index contributed by atoms with van der Waals surface area (Å²) >= 11 is 0. The molecule has 33 heavy (non-hydrogen) atoms. The quantitative estimate of drug-likeness (QED) is 0.135. The van der Waals surface area contributed by atoms with E-state index in [1.807, 2.05) is 0 Å². The van der Waals surface area contributed by atoms with Gasteiger partial charge < -0.3 is 0 Å². The molecule has 0 nitrogen and oxygen atoms in total. The molecule has 0 radical (unpaired) electrons. The maximum Gasteiger partial charge on any atom is -0.0103 e. The van der Waals surface area contributed by atoms with E-state index in [1.54, 1.807) is 0 Å². The van der Waals surface area contributed by atoms with Gasteiger partial charge in [-0.15, -0.1) is 0 Å². The lowest BCUT2D eigenvalue weighted by Gasteiger charge is -2.09. The van der Waals surface area contributed by atoms with Gasteiger partial charge >= 0.3 is 0 Å². The summed E-state index contributed by atoms with van der Waals surface area (Å²) in [6.45, 7) is 2.30. The van der Waals surface area contributed by atoms with E-state index < -0.39 is 0 Å². The summed E-state index contributed by atoms with van der Waals surface area (Å²) in [4.78, 5) is 0. The van der Waals surface area contributed by atoms with Gasteiger partial charge in [-0.1, -0.05) is 164 Å². The van der Waals surface area contributed by atoms with Gasteiger partial charge in [0.25, 0.3) is 0 Å². The molecule has 3 aromatic rings. The normalized spacial score (nSPS) is 11.5. The van der Waals surface area contributed by atoms with Crippen molar-refractivity contribution in [1.29, 1.82) is 0 Å². The smallest absolute Gasteiger partial charge is 0.0103 e. The number of hydrogen-bond acceptors (Lipinski definition) is 0. The lowest BCUT2D eigenvalue weighted by atomic mass is 9.95. The Balaban J connectivity index is 1.19. The number of unbranched alkanes of at least 4 members (excludes halogenated alkanes) is 16. The predicted molar refractivity (Wildman–Crippen MR) is 149 cm³/mol. The lowest BCUT2D eigenvalue weighted by Crippen LogP contribution is -1.89. The molecule has 0 unspecified atom stereocenters. The Morgan fingerprint density at radius 3 is 1.52 bits per heavy atom. The van der Waals surface area contributed by atoms with Crippen LogP contribution in [-0.2, 0) is 6.42 Å². The average molecular weight is 445 g/mol. The summed E-state index contributed by atoms with van der Waals surface area (Å²) in [5.74, 6) is 0. The van der Waals surface area contributed by atoms with E-state index in [0.717, 1.165) is 0 Å². The first-order chi connectivity index (χ1) is 16.4. The standard InChI is InChI=1S/C33H48/c1-2-3-4-5-6-7-8-9-10-11-12-13-14-15-16-17-18-22-29-24-21-26-33-31-25-20-19-23-30(31)27-28-32(29)33/h19-21,23-28H,2-18,22H2,1H3. The van der Waals surface area contributed by atoms with Crippen LogP contribution in [0.1, 0.15) is 122 Å². The van der Waals surface area contributed by atoms with Gasteiger partial charge in [-0.3, -0.25) is 0 Å². The first-order valence-electron chi connectivity index (χ1n) is 14.3. The van der Waals surface area contributed by atoms with Crippen molar-refractivity contribution in [3.63, 3.8) is 0 Å². The summed E-state index contributed by atoms with van der Waals surface area (Å²) in [6, 6.07) is 20.3. The highest BCUT2D eigenvalue weighted by Gasteiger charge is 2.04.